The number of hydrogen-bond acceptors (Lipinski definition) is 4. The minimum atomic E-state index is -0.263. The topological polar surface area (TPSA) is 71.1 Å². The van der Waals surface area contributed by atoms with Gasteiger partial charge in [-0.25, -0.2) is 0 Å². The second-order valence-electron chi connectivity index (χ2n) is 7.84. The lowest BCUT2D eigenvalue weighted by Gasteiger charge is -2.33. The van der Waals surface area contributed by atoms with Crippen molar-refractivity contribution in [3.63, 3.8) is 0 Å². The van der Waals surface area contributed by atoms with Gasteiger partial charge in [-0.15, -0.1) is 11.3 Å². The highest BCUT2D eigenvalue weighted by atomic mass is 32.1. The second kappa shape index (κ2) is 7.58. The predicted octanol–water partition coefficient (Wildman–Crippen LogP) is 3.66. The van der Waals surface area contributed by atoms with Gasteiger partial charge in [0.2, 0.25) is 5.91 Å². The zero-order valence-electron chi connectivity index (χ0n) is 15.5. The Kier molecular flexibility index (Phi) is 5.41. The van der Waals surface area contributed by atoms with Gasteiger partial charge in [-0.2, -0.15) is 0 Å². The number of aryl methyl sites for hydroxylation is 1. The number of nitrogens with zero attached hydrogens (tertiary/aromatic N) is 1. The molecule has 0 spiro atoms. The molecule has 138 valence electrons. The molecule has 0 saturated carbocycles. The van der Waals surface area contributed by atoms with E-state index < -0.39 is 0 Å². The summed E-state index contributed by atoms with van der Waals surface area (Å²) in [5, 5.41) is 5.42. The summed E-state index contributed by atoms with van der Waals surface area (Å²) < 4.78 is 0. The number of rotatable bonds is 4. The van der Waals surface area contributed by atoms with Gasteiger partial charge >= 0.3 is 0 Å². The summed E-state index contributed by atoms with van der Waals surface area (Å²) >= 11 is 1.56. The van der Waals surface area contributed by atoms with Gasteiger partial charge in [0.15, 0.2) is 0 Å². The van der Waals surface area contributed by atoms with Crippen molar-refractivity contribution in [2.45, 2.75) is 40.0 Å². The molecule has 2 aromatic rings. The third-order valence-corrected chi connectivity index (χ3v) is 6.12. The Balaban J connectivity index is 1.56. The van der Waals surface area contributed by atoms with Crippen LogP contribution in [0.3, 0.4) is 0 Å². The number of carbonyl (C=O) groups excluding carboxylic acids is 2. The lowest BCUT2D eigenvalue weighted by atomic mass is 9.72. The average Bonchev–Trinajstić information content (AvgIpc) is 3.03. The molecule has 5 nitrogen and oxygen atoms in total. The number of aromatic nitrogens is 1. The monoisotopic (exact) mass is 371 g/mol. The molecule has 3 rings (SSSR count). The molecule has 2 amide bonds. The quantitative estimate of drug-likeness (QED) is 0.861. The lowest BCUT2D eigenvalue weighted by Crippen LogP contribution is -2.32. The summed E-state index contributed by atoms with van der Waals surface area (Å²) in [6, 6.07) is 5.51. The van der Waals surface area contributed by atoms with Gasteiger partial charge in [0.1, 0.15) is 0 Å². The van der Waals surface area contributed by atoms with Crippen LogP contribution in [0.2, 0.25) is 0 Å². The zero-order valence-corrected chi connectivity index (χ0v) is 16.3. The number of amides is 2. The van der Waals surface area contributed by atoms with E-state index in [9.17, 15) is 9.59 Å². The molecule has 0 fully saturated rings. The highest BCUT2D eigenvalue weighted by Crippen LogP contribution is 2.40. The normalized spacial score (nSPS) is 16.7. The molecule has 2 N–H and O–H groups in total. The van der Waals surface area contributed by atoms with Crippen molar-refractivity contribution in [3.05, 3.63) is 45.9 Å². The van der Waals surface area contributed by atoms with Gasteiger partial charge in [0.05, 0.1) is 23.3 Å². The van der Waals surface area contributed by atoms with Crippen LogP contribution in [0.25, 0.3) is 0 Å². The van der Waals surface area contributed by atoms with Gasteiger partial charge in [0.25, 0.3) is 5.91 Å². The Morgan fingerprint density at radius 1 is 1.35 bits per heavy atom. The number of pyridine rings is 1. The molecule has 0 bridgehead atoms. The van der Waals surface area contributed by atoms with E-state index in [0.29, 0.717) is 16.5 Å². The van der Waals surface area contributed by atoms with Crippen molar-refractivity contribution >= 4 is 28.8 Å². The molecular formula is C20H25N3O2S. The number of fused-ring (bicyclic) bond motifs is 1. The molecule has 0 radical (unpaired) electrons. The van der Waals surface area contributed by atoms with E-state index in [4.69, 9.17) is 0 Å². The SMILES string of the molecule is CC(C)(C)C1CCc2sc(C(=O)NCC(=O)Nc3cccnc3)cc2C1. The minimum absolute atomic E-state index is 0.0547. The molecular weight excluding hydrogens is 346 g/mol. The number of hydrogen-bond donors (Lipinski definition) is 2. The van der Waals surface area contributed by atoms with Crippen LogP contribution in [0.15, 0.2) is 30.6 Å². The Bertz CT molecular complexity index is 793. The van der Waals surface area contributed by atoms with E-state index in [2.05, 4.69) is 36.4 Å². The fourth-order valence-corrected chi connectivity index (χ4v) is 4.39. The Hall–Kier alpha value is -2.21. The van der Waals surface area contributed by atoms with E-state index >= 15 is 0 Å². The van der Waals surface area contributed by atoms with Crippen LogP contribution in [-0.4, -0.2) is 23.3 Å². The van der Waals surface area contributed by atoms with E-state index in [0.717, 1.165) is 12.8 Å². The van der Waals surface area contributed by atoms with Crippen LogP contribution in [0, 0.1) is 11.3 Å². The van der Waals surface area contributed by atoms with Crippen molar-refractivity contribution < 1.29 is 9.59 Å². The largest absolute Gasteiger partial charge is 0.342 e. The fraction of sp³-hybridized carbons (Fsp3) is 0.450. The third-order valence-electron chi connectivity index (χ3n) is 4.89. The molecule has 1 aliphatic rings. The van der Waals surface area contributed by atoms with Gasteiger partial charge in [-0.3, -0.25) is 14.6 Å². The molecule has 6 heteroatoms. The van der Waals surface area contributed by atoms with E-state index in [-0.39, 0.29) is 23.8 Å². The summed E-state index contributed by atoms with van der Waals surface area (Å²) in [5.74, 6) is 0.198. The molecule has 2 aromatic heterocycles. The lowest BCUT2D eigenvalue weighted by molar-refractivity contribution is -0.115. The third kappa shape index (κ3) is 4.49. The van der Waals surface area contributed by atoms with Crippen molar-refractivity contribution in [2.24, 2.45) is 11.3 Å². The summed E-state index contributed by atoms with van der Waals surface area (Å²) in [5.41, 5.74) is 2.20. The number of thiophene rings is 1. The molecule has 1 aliphatic carbocycles. The number of anilines is 1. The van der Waals surface area contributed by atoms with Crippen molar-refractivity contribution in [2.75, 3.05) is 11.9 Å². The van der Waals surface area contributed by atoms with Crippen molar-refractivity contribution in [3.8, 4) is 0 Å². The van der Waals surface area contributed by atoms with E-state index in [1.165, 1.54) is 16.9 Å². The van der Waals surface area contributed by atoms with E-state index in [1.54, 1.807) is 35.9 Å². The molecule has 1 unspecified atom stereocenters. The van der Waals surface area contributed by atoms with Gasteiger partial charge in [-0.1, -0.05) is 20.8 Å². The van der Waals surface area contributed by atoms with E-state index in [1.807, 2.05) is 6.07 Å². The minimum Gasteiger partial charge on any atom is -0.342 e. The maximum absolute atomic E-state index is 12.4. The van der Waals surface area contributed by atoms with Crippen LogP contribution in [-0.2, 0) is 17.6 Å². The smallest absolute Gasteiger partial charge is 0.261 e. The Morgan fingerprint density at radius 3 is 2.85 bits per heavy atom. The summed E-state index contributed by atoms with van der Waals surface area (Å²) in [6.45, 7) is 6.79. The van der Waals surface area contributed by atoms with Crippen LogP contribution in [0.5, 0.6) is 0 Å². The second-order valence-corrected chi connectivity index (χ2v) is 8.97. The average molecular weight is 372 g/mol. The van der Waals surface area contributed by atoms with Crippen molar-refractivity contribution in [1.82, 2.24) is 10.3 Å². The summed E-state index contributed by atoms with van der Waals surface area (Å²) in [4.78, 5) is 30.3. The van der Waals surface area contributed by atoms with Crippen molar-refractivity contribution in [1.29, 1.82) is 0 Å². The number of nitrogens with one attached hydrogen (secondary N) is 2. The maximum atomic E-state index is 12.4. The first-order chi connectivity index (χ1) is 12.3. The maximum Gasteiger partial charge on any atom is 0.261 e. The zero-order chi connectivity index (χ0) is 18.7. The molecule has 0 aromatic carbocycles. The Labute approximate surface area is 158 Å². The predicted molar refractivity (Wildman–Crippen MR) is 104 cm³/mol. The first-order valence-electron chi connectivity index (χ1n) is 8.92. The summed E-state index contributed by atoms with van der Waals surface area (Å²) in [6.07, 6.45) is 6.45. The molecule has 1 atom stereocenters. The van der Waals surface area contributed by atoms with Crippen LogP contribution in [0.1, 0.15) is 47.3 Å². The molecule has 2 heterocycles. The highest BCUT2D eigenvalue weighted by Gasteiger charge is 2.30. The molecule has 26 heavy (non-hydrogen) atoms. The summed E-state index contributed by atoms with van der Waals surface area (Å²) in [7, 11) is 0. The van der Waals surface area contributed by atoms with Crippen LogP contribution < -0.4 is 10.6 Å². The molecule has 0 aliphatic heterocycles. The van der Waals surface area contributed by atoms with Gasteiger partial charge in [-0.05, 0) is 54.4 Å². The van der Waals surface area contributed by atoms with Crippen LogP contribution in [0.4, 0.5) is 5.69 Å². The highest BCUT2D eigenvalue weighted by molar-refractivity contribution is 7.14. The first-order valence-corrected chi connectivity index (χ1v) is 9.74. The van der Waals surface area contributed by atoms with Crippen LogP contribution >= 0.6 is 11.3 Å². The fourth-order valence-electron chi connectivity index (χ4n) is 3.26. The number of carbonyl (C=O) groups is 2. The first kappa shape index (κ1) is 18.6. The van der Waals surface area contributed by atoms with Gasteiger partial charge in [0, 0.05) is 11.1 Å². The Morgan fingerprint density at radius 2 is 2.15 bits per heavy atom. The standard InChI is InChI=1S/C20H25N3O2S/c1-20(2,3)14-6-7-16-13(9-14)10-17(26-16)19(25)22-12-18(24)23-15-5-4-8-21-11-15/h4-5,8,10-11,14H,6-7,9,12H2,1-3H3,(H,22,25)(H,23,24). The van der Waals surface area contributed by atoms with Gasteiger partial charge < -0.3 is 10.6 Å². The molecule has 0 saturated heterocycles.